The van der Waals surface area contributed by atoms with Crippen LogP contribution in [0, 0.1) is 0 Å². The molecule has 0 saturated carbocycles. The lowest BCUT2D eigenvalue weighted by Gasteiger charge is -2.19. The maximum absolute atomic E-state index is 6.21. The van der Waals surface area contributed by atoms with Crippen LogP contribution in [-0.2, 0) is 0 Å². The monoisotopic (exact) mass is 271 g/mol. The van der Waals surface area contributed by atoms with Crippen LogP contribution in [0.3, 0.4) is 0 Å². The van der Waals surface area contributed by atoms with Gasteiger partial charge in [0.1, 0.15) is 18.1 Å². The highest BCUT2D eigenvalue weighted by atomic mass is 16.5. The largest absolute Gasteiger partial charge is 0.492 e. The van der Waals surface area contributed by atoms with Crippen molar-refractivity contribution in [3.63, 3.8) is 0 Å². The van der Waals surface area contributed by atoms with E-state index in [1.165, 1.54) is 0 Å². The number of para-hydroxylation sites is 2. The molecule has 2 aromatic rings. The summed E-state index contributed by atoms with van der Waals surface area (Å²) in [5.74, 6) is 1.65. The second-order valence-electron chi connectivity index (χ2n) is 4.93. The van der Waals surface area contributed by atoms with Gasteiger partial charge in [-0.05, 0) is 32.0 Å². The maximum atomic E-state index is 6.21. The van der Waals surface area contributed by atoms with Crippen molar-refractivity contribution < 1.29 is 9.47 Å². The van der Waals surface area contributed by atoms with Crippen molar-refractivity contribution in [3.8, 4) is 11.5 Å². The molecule has 0 aliphatic heterocycles. The number of rotatable bonds is 6. The van der Waals surface area contributed by atoms with Gasteiger partial charge in [-0.15, -0.1) is 0 Å². The molecule has 0 radical (unpaired) electrons. The van der Waals surface area contributed by atoms with Gasteiger partial charge in [-0.1, -0.05) is 36.4 Å². The molecular weight excluding hydrogens is 250 g/mol. The topological polar surface area (TPSA) is 44.5 Å². The Bertz CT molecular complexity index is 526. The van der Waals surface area contributed by atoms with E-state index in [0.717, 1.165) is 17.1 Å². The molecule has 0 heterocycles. The molecule has 0 spiro atoms. The Morgan fingerprint density at radius 3 is 2.30 bits per heavy atom. The summed E-state index contributed by atoms with van der Waals surface area (Å²) in [6.07, 6.45) is 0.124. The molecule has 0 amide bonds. The standard InChI is InChI=1S/C17H21NO2/c1-13(2)20-17-11-7-6-10-15(17)16(18)12-19-14-8-4-3-5-9-14/h3-11,13,16H,12,18H2,1-2H3. The zero-order chi connectivity index (χ0) is 14.4. The first-order chi connectivity index (χ1) is 9.66. The number of benzene rings is 2. The lowest BCUT2D eigenvalue weighted by atomic mass is 10.1. The summed E-state index contributed by atoms with van der Waals surface area (Å²) in [7, 11) is 0. The van der Waals surface area contributed by atoms with Gasteiger partial charge in [-0.25, -0.2) is 0 Å². The van der Waals surface area contributed by atoms with Crippen molar-refractivity contribution in [2.75, 3.05) is 6.61 Å². The summed E-state index contributed by atoms with van der Waals surface area (Å²) in [6.45, 7) is 4.42. The second kappa shape index (κ2) is 6.96. The van der Waals surface area contributed by atoms with E-state index in [-0.39, 0.29) is 12.1 Å². The summed E-state index contributed by atoms with van der Waals surface area (Å²) in [5.41, 5.74) is 7.18. The number of hydrogen-bond acceptors (Lipinski definition) is 3. The van der Waals surface area contributed by atoms with Crippen molar-refractivity contribution in [2.24, 2.45) is 5.73 Å². The van der Waals surface area contributed by atoms with E-state index in [9.17, 15) is 0 Å². The quantitative estimate of drug-likeness (QED) is 0.873. The molecule has 2 rings (SSSR count). The van der Waals surface area contributed by atoms with Crippen LogP contribution in [0.5, 0.6) is 11.5 Å². The fourth-order valence-corrected chi connectivity index (χ4v) is 1.94. The van der Waals surface area contributed by atoms with Gasteiger partial charge in [-0.3, -0.25) is 0 Å². The molecule has 0 bridgehead atoms. The van der Waals surface area contributed by atoms with Crippen LogP contribution in [0.2, 0.25) is 0 Å². The maximum Gasteiger partial charge on any atom is 0.124 e. The van der Waals surface area contributed by atoms with E-state index >= 15 is 0 Å². The summed E-state index contributed by atoms with van der Waals surface area (Å²) in [6, 6.07) is 17.3. The Kier molecular flexibility index (Phi) is 5.02. The smallest absolute Gasteiger partial charge is 0.124 e. The molecule has 0 saturated heterocycles. The highest BCUT2D eigenvalue weighted by molar-refractivity contribution is 5.36. The molecule has 2 aromatic carbocycles. The van der Waals surface area contributed by atoms with Gasteiger partial charge in [0.25, 0.3) is 0 Å². The SMILES string of the molecule is CC(C)Oc1ccccc1C(N)COc1ccccc1. The van der Waals surface area contributed by atoms with Gasteiger partial charge in [0, 0.05) is 5.56 Å². The average molecular weight is 271 g/mol. The molecule has 0 aliphatic carbocycles. The normalized spacial score (nSPS) is 12.2. The minimum absolute atomic E-state index is 0.124. The zero-order valence-corrected chi connectivity index (χ0v) is 12.0. The van der Waals surface area contributed by atoms with E-state index in [1.54, 1.807) is 0 Å². The van der Waals surface area contributed by atoms with E-state index in [0.29, 0.717) is 6.61 Å². The van der Waals surface area contributed by atoms with Crippen molar-refractivity contribution in [1.82, 2.24) is 0 Å². The third kappa shape index (κ3) is 4.00. The van der Waals surface area contributed by atoms with Crippen molar-refractivity contribution in [3.05, 3.63) is 60.2 Å². The average Bonchev–Trinajstić information content (AvgIpc) is 2.46. The molecular formula is C17H21NO2. The molecule has 20 heavy (non-hydrogen) atoms. The van der Waals surface area contributed by atoms with Crippen LogP contribution in [0.15, 0.2) is 54.6 Å². The summed E-state index contributed by atoms with van der Waals surface area (Å²) in [4.78, 5) is 0. The van der Waals surface area contributed by atoms with Crippen LogP contribution in [0.4, 0.5) is 0 Å². The third-order valence-electron chi connectivity index (χ3n) is 2.85. The number of hydrogen-bond donors (Lipinski definition) is 1. The highest BCUT2D eigenvalue weighted by Gasteiger charge is 2.13. The fourth-order valence-electron chi connectivity index (χ4n) is 1.94. The predicted molar refractivity (Wildman–Crippen MR) is 81.1 cm³/mol. The second-order valence-corrected chi connectivity index (χ2v) is 4.93. The first kappa shape index (κ1) is 14.4. The van der Waals surface area contributed by atoms with E-state index < -0.39 is 0 Å². The molecule has 0 aliphatic rings. The predicted octanol–water partition coefficient (Wildman–Crippen LogP) is 3.55. The number of ether oxygens (including phenoxy) is 2. The van der Waals surface area contributed by atoms with Gasteiger partial charge < -0.3 is 15.2 Å². The van der Waals surface area contributed by atoms with Crippen LogP contribution < -0.4 is 15.2 Å². The molecule has 1 atom stereocenters. The Morgan fingerprint density at radius 2 is 1.60 bits per heavy atom. The lowest BCUT2D eigenvalue weighted by Crippen LogP contribution is -2.20. The molecule has 1 unspecified atom stereocenters. The van der Waals surface area contributed by atoms with Gasteiger partial charge in [0.2, 0.25) is 0 Å². The molecule has 2 N–H and O–H groups in total. The molecule has 3 nitrogen and oxygen atoms in total. The zero-order valence-electron chi connectivity index (χ0n) is 12.0. The molecule has 0 aromatic heterocycles. The minimum atomic E-state index is -0.217. The number of nitrogens with two attached hydrogens (primary N) is 1. The van der Waals surface area contributed by atoms with E-state index in [1.807, 2.05) is 68.4 Å². The van der Waals surface area contributed by atoms with Gasteiger partial charge >= 0.3 is 0 Å². The highest BCUT2D eigenvalue weighted by Crippen LogP contribution is 2.25. The Labute approximate surface area is 120 Å². The van der Waals surface area contributed by atoms with Crippen molar-refractivity contribution in [2.45, 2.75) is 26.0 Å². The van der Waals surface area contributed by atoms with Crippen LogP contribution in [-0.4, -0.2) is 12.7 Å². The summed E-state index contributed by atoms with van der Waals surface area (Å²) in [5, 5.41) is 0. The Morgan fingerprint density at radius 1 is 0.950 bits per heavy atom. The minimum Gasteiger partial charge on any atom is -0.492 e. The first-order valence-electron chi connectivity index (χ1n) is 6.86. The van der Waals surface area contributed by atoms with E-state index in [2.05, 4.69) is 0 Å². The van der Waals surface area contributed by atoms with Gasteiger partial charge in [0.05, 0.1) is 12.1 Å². The third-order valence-corrected chi connectivity index (χ3v) is 2.85. The Balaban J connectivity index is 2.03. The summed E-state index contributed by atoms with van der Waals surface area (Å²) < 4.78 is 11.5. The Hall–Kier alpha value is -2.00. The van der Waals surface area contributed by atoms with Crippen LogP contribution in [0.25, 0.3) is 0 Å². The molecule has 3 heteroatoms. The first-order valence-corrected chi connectivity index (χ1v) is 6.86. The van der Waals surface area contributed by atoms with Crippen LogP contribution >= 0.6 is 0 Å². The van der Waals surface area contributed by atoms with Crippen LogP contribution in [0.1, 0.15) is 25.5 Å². The molecule has 106 valence electrons. The van der Waals surface area contributed by atoms with Crippen molar-refractivity contribution in [1.29, 1.82) is 0 Å². The van der Waals surface area contributed by atoms with Gasteiger partial charge in [0.15, 0.2) is 0 Å². The fraction of sp³-hybridized carbons (Fsp3) is 0.294. The molecule has 0 fully saturated rings. The summed E-state index contributed by atoms with van der Waals surface area (Å²) >= 11 is 0. The van der Waals surface area contributed by atoms with E-state index in [4.69, 9.17) is 15.2 Å². The van der Waals surface area contributed by atoms with Crippen molar-refractivity contribution >= 4 is 0 Å². The lowest BCUT2D eigenvalue weighted by molar-refractivity contribution is 0.233. The van der Waals surface area contributed by atoms with Gasteiger partial charge in [-0.2, -0.15) is 0 Å².